The van der Waals surface area contributed by atoms with Gasteiger partial charge in [0.2, 0.25) is 0 Å². The molecule has 0 unspecified atom stereocenters. The van der Waals surface area contributed by atoms with Crippen molar-refractivity contribution >= 4 is 23.2 Å². The number of nitrogens with zero attached hydrogens (tertiary/aromatic N) is 1. The highest BCUT2D eigenvalue weighted by Crippen LogP contribution is 2.19. The molecule has 0 aliphatic rings. The zero-order valence-corrected chi connectivity index (χ0v) is 14.9. The van der Waals surface area contributed by atoms with Crippen LogP contribution in [0.3, 0.4) is 0 Å². The van der Waals surface area contributed by atoms with E-state index in [1.807, 2.05) is 6.92 Å². The van der Waals surface area contributed by atoms with E-state index in [1.54, 1.807) is 37.3 Å². The largest absolute Gasteiger partial charge is 0.361 e. The first kappa shape index (κ1) is 18.3. The molecule has 0 radical (unpaired) electrons. The maximum absolute atomic E-state index is 13.6. The molecule has 0 atom stereocenters. The number of anilines is 2. The van der Waals surface area contributed by atoms with E-state index in [2.05, 4.69) is 15.8 Å². The molecule has 0 fully saturated rings. The molecule has 7 heteroatoms. The number of hydrogen-bond donors (Lipinski definition) is 2. The molecule has 0 aliphatic heterocycles. The number of amides is 2. The summed E-state index contributed by atoms with van der Waals surface area (Å²) in [6, 6.07) is 10.6. The fourth-order valence-electron chi connectivity index (χ4n) is 2.65. The van der Waals surface area contributed by atoms with Crippen LogP contribution in [-0.2, 0) is 6.42 Å². The van der Waals surface area contributed by atoms with Gasteiger partial charge in [-0.15, -0.1) is 0 Å². The van der Waals surface area contributed by atoms with Gasteiger partial charge in [-0.1, -0.05) is 23.4 Å². The second-order valence-electron chi connectivity index (χ2n) is 6.10. The summed E-state index contributed by atoms with van der Waals surface area (Å²) in [7, 11) is 0. The number of hydrogen-bond acceptors (Lipinski definition) is 4. The Hall–Kier alpha value is -3.48. The predicted molar refractivity (Wildman–Crippen MR) is 99.5 cm³/mol. The fourth-order valence-corrected chi connectivity index (χ4v) is 2.65. The lowest BCUT2D eigenvalue weighted by Crippen LogP contribution is -2.20. The SMILES string of the molecule is Cc1cc(NC(=O)Nc2ccccc2F)ccc1CC(=O)c1cnoc1C. The highest BCUT2D eigenvalue weighted by molar-refractivity contribution is 6.00. The Labute approximate surface area is 155 Å². The second kappa shape index (κ2) is 7.82. The third-order valence-electron chi connectivity index (χ3n) is 4.12. The van der Waals surface area contributed by atoms with E-state index in [9.17, 15) is 14.0 Å². The molecule has 6 nitrogen and oxygen atoms in total. The van der Waals surface area contributed by atoms with Crippen molar-refractivity contribution in [1.29, 1.82) is 0 Å². The Kier molecular flexibility index (Phi) is 5.30. The van der Waals surface area contributed by atoms with Crippen molar-refractivity contribution in [3.05, 3.63) is 76.9 Å². The van der Waals surface area contributed by atoms with Crippen molar-refractivity contribution < 1.29 is 18.5 Å². The molecule has 0 saturated carbocycles. The zero-order valence-electron chi connectivity index (χ0n) is 14.9. The van der Waals surface area contributed by atoms with Crippen molar-refractivity contribution in [3.8, 4) is 0 Å². The fraction of sp³-hybridized carbons (Fsp3) is 0.150. The van der Waals surface area contributed by atoms with E-state index >= 15 is 0 Å². The van der Waals surface area contributed by atoms with Gasteiger partial charge in [-0.05, 0) is 49.2 Å². The van der Waals surface area contributed by atoms with E-state index in [1.165, 1.54) is 18.3 Å². The molecule has 138 valence electrons. The smallest absolute Gasteiger partial charge is 0.323 e. The number of aromatic nitrogens is 1. The lowest BCUT2D eigenvalue weighted by Gasteiger charge is -2.11. The Bertz CT molecular complexity index is 998. The maximum atomic E-state index is 13.6. The number of nitrogens with one attached hydrogen (secondary N) is 2. The van der Waals surface area contributed by atoms with Gasteiger partial charge in [0.25, 0.3) is 0 Å². The quantitative estimate of drug-likeness (QED) is 0.650. The van der Waals surface area contributed by atoms with Gasteiger partial charge in [0.15, 0.2) is 5.78 Å². The van der Waals surface area contributed by atoms with Gasteiger partial charge >= 0.3 is 6.03 Å². The highest BCUT2D eigenvalue weighted by atomic mass is 19.1. The molecular formula is C20H18FN3O3. The Morgan fingerprint density at radius 3 is 2.56 bits per heavy atom. The third kappa shape index (κ3) is 4.38. The van der Waals surface area contributed by atoms with Crippen LogP contribution in [0.25, 0.3) is 0 Å². The zero-order chi connectivity index (χ0) is 19.4. The Morgan fingerprint density at radius 2 is 1.89 bits per heavy atom. The minimum atomic E-state index is -0.552. The van der Waals surface area contributed by atoms with Crippen molar-refractivity contribution in [2.75, 3.05) is 10.6 Å². The third-order valence-corrected chi connectivity index (χ3v) is 4.12. The molecule has 1 heterocycles. The number of para-hydroxylation sites is 1. The minimum Gasteiger partial charge on any atom is -0.361 e. The summed E-state index contributed by atoms with van der Waals surface area (Å²) in [6.45, 7) is 3.54. The van der Waals surface area contributed by atoms with E-state index in [-0.39, 0.29) is 17.9 Å². The van der Waals surface area contributed by atoms with Crippen molar-refractivity contribution in [3.63, 3.8) is 0 Å². The molecule has 2 N–H and O–H groups in total. The molecule has 2 aromatic carbocycles. The number of benzene rings is 2. The van der Waals surface area contributed by atoms with Crippen molar-refractivity contribution in [1.82, 2.24) is 5.16 Å². The van der Waals surface area contributed by atoms with E-state index in [4.69, 9.17) is 4.52 Å². The summed E-state index contributed by atoms with van der Waals surface area (Å²) in [5.41, 5.74) is 2.78. The van der Waals surface area contributed by atoms with Crippen LogP contribution in [0.5, 0.6) is 0 Å². The lowest BCUT2D eigenvalue weighted by molar-refractivity contribution is 0.0991. The van der Waals surface area contributed by atoms with Gasteiger partial charge in [0, 0.05) is 12.1 Å². The molecule has 2 amide bonds. The summed E-state index contributed by atoms with van der Waals surface area (Å²) >= 11 is 0. The van der Waals surface area contributed by atoms with E-state index in [0.29, 0.717) is 17.0 Å². The summed E-state index contributed by atoms with van der Waals surface area (Å²) < 4.78 is 18.5. The van der Waals surface area contributed by atoms with Crippen LogP contribution >= 0.6 is 0 Å². The number of carbonyl (C=O) groups excluding carboxylic acids is 2. The van der Waals surface area contributed by atoms with E-state index in [0.717, 1.165) is 11.1 Å². The van der Waals surface area contributed by atoms with Gasteiger partial charge in [-0.25, -0.2) is 9.18 Å². The molecule has 0 bridgehead atoms. The number of Topliss-reactive ketones (excluding diaryl/α,β-unsaturated/α-hetero) is 1. The molecular weight excluding hydrogens is 349 g/mol. The lowest BCUT2D eigenvalue weighted by atomic mass is 9.99. The van der Waals surface area contributed by atoms with Gasteiger partial charge in [0.05, 0.1) is 17.4 Å². The van der Waals surface area contributed by atoms with Crippen molar-refractivity contribution in [2.45, 2.75) is 20.3 Å². The number of aryl methyl sites for hydroxylation is 2. The van der Waals surface area contributed by atoms with Crippen LogP contribution in [0.1, 0.15) is 27.2 Å². The first-order chi connectivity index (χ1) is 12.9. The first-order valence-electron chi connectivity index (χ1n) is 8.30. The van der Waals surface area contributed by atoms with Gasteiger partial charge < -0.3 is 15.2 Å². The van der Waals surface area contributed by atoms with Gasteiger partial charge in [-0.2, -0.15) is 0 Å². The average molecular weight is 367 g/mol. The standard InChI is InChI=1S/C20H18FN3O3/c1-12-9-15(23-20(26)24-18-6-4-3-5-17(18)21)8-7-14(12)10-19(25)16-11-22-27-13(16)2/h3-9,11H,10H2,1-2H3,(H2,23,24,26). The molecule has 27 heavy (non-hydrogen) atoms. The maximum Gasteiger partial charge on any atom is 0.323 e. The minimum absolute atomic E-state index is 0.0881. The second-order valence-corrected chi connectivity index (χ2v) is 6.10. The van der Waals surface area contributed by atoms with Gasteiger partial charge in [-0.3, -0.25) is 4.79 Å². The van der Waals surface area contributed by atoms with Crippen LogP contribution < -0.4 is 10.6 Å². The molecule has 0 saturated heterocycles. The number of halogens is 1. The Morgan fingerprint density at radius 1 is 1.11 bits per heavy atom. The van der Waals surface area contributed by atoms with Crippen LogP contribution in [0, 0.1) is 19.7 Å². The number of carbonyl (C=O) groups is 2. The number of urea groups is 1. The average Bonchev–Trinajstić information content (AvgIpc) is 3.05. The molecule has 3 rings (SSSR count). The topological polar surface area (TPSA) is 84.2 Å². The normalized spacial score (nSPS) is 10.5. The number of ketones is 1. The predicted octanol–water partition coefficient (Wildman–Crippen LogP) is 4.50. The first-order valence-corrected chi connectivity index (χ1v) is 8.30. The Balaban J connectivity index is 1.66. The summed E-state index contributed by atoms with van der Waals surface area (Å²) in [5.74, 6) is -0.114. The summed E-state index contributed by atoms with van der Waals surface area (Å²) in [4.78, 5) is 24.4. The number of rotatable bonds is 5. The summed E-state index contributed by atoms with van der Waals surface area (Å²) in [6.07, 6.45) is 1.62. The molecule has 0 aliphatic carbocycles. The molecule has 0 spiro atoms. The monoisotopic (exact) mass is 367 g/mol. The van der Waals surface area contributed by atoms with Crippen LogP contribution in [0.4, 0.5) is 20.6 Å². The van der Waals surface area contributed by atoms with Gasteiger partial charge in [0.1, 0.15) is 11.6 Å². The van der Waals surface area contributed by atoms with Crippen LogP contribution in [0.15, 0.2) is 53.2 Å². The summed E-state index contributed by atoms with van der Waals surface area (Å²) in [5, 5.41) is 8.72. The van der Waals surface area contributed by atoms with E-state index < -0.39 is 11.8 Å². The highest BCUT2D eigenvalue weighted by Gasteiger charge is 2.15. The molecule has 3 aromatic rings. The van der Waals surface area contributed by atoms with Crippen molar-refractivity contribution in [2.24, 2.45) is 0 Å². The van der Waals surface area contributed by atoms with Crippen LogP contribution in [-0.4, -0.2) is 17.0 Å². The molecule has 1 aromatic heterocycles. The van der Waals surface area contributed by atoms with Crippen LogP contribution in [0.2, 0.25) is 0 Å².